The summed E-state index contributed by atoms with van der Waals surface area (Å²) in [5.74, 6) is -0.676. The van der Waals surface area contributed by atoms with E-state index in [2.05, 4.69) is 5.32 Å². The van der Waals surface area contributed by atoms with Crippen molar-refractivity contribution in [3.05, 3.63) is 95.8 Å². The van der Waals surface area contributed by atoms with E-state index in [0.717, 1.165) is 16.7 Å². The number of ether oxygens (including phenoxy) is 1. The molecule has 0 bridgehead atoms. The van der Waals surface area contributed by atoms with E-state index < -0.39 is 5.60 Å². The molecule has 5 nitrogen and oxygen atoms in total. The van der Waals surface area contributed by atoms with Gasteiger partial charge in [-0.25, -0.2) is 4.39 Å². The lowest BCUT2D eigenvalue weighted by Gasteiger charge is -2.42. The zero-order valence-corrected chi connectivity index (χ0v) is 18.6. The van der Waals surface area contributed by atoms with Crippen LogP contribution in [-0.4, -0.2) is 48.6 Å². The molecule has 0 aliphatic carbocycles. The molecule has 2 amide bonds. The standard InChI is InChI=1S/C27H27FN2O3/c1-2-29-26(32)27(19-30(16-17-33-27)25(31)21-8-4-3-5-9-21)18-22-10-6-7-11-24(22)20-12-14-23(28)15-13-20/h3-15H,2,16-19H2,1H3,(H,29,32)/t27-/m1/s1. The number of nitrogens with zero attached hydrogens (tertiary/aromatic N) is 1. The summed E-state index contributed by atoms with van der Waals surface area (Å²) in [6, 6.07) is 23.0. The van der Waals surface area contributed by atoms with E-state index in [1.54, 1.807) is 29.2 Å². The molecule has 1 N–H and O–H groups in total. The van der Waals surface area contributed by atoms with Gasteiger partial charge in [-0.1, -0.05) is 54.6 Å². The maximum atomic E-state index is 13.5. The van der Waals surface area contributed by atoms with Gasteiger partial charge in [-0.05, 0) is 47.9 Å². The van der Waals surface area contributed by atoms with E-state index in [-0.39, 0.29) is 37.2 Å². The van der Waals surface area contributed by atoms with Crippen molar-refractivity contribution in [3.8, 4) is 11.1 Å². The third-order valence-corrected chi connectivity index (χ3v) is 5.89. The van der Waals surface area contributed by atoms with Crippen molar-refractivity contribution in [3.63, 3.8) is 0 Å². The Morgan fingerprint density at radius 1 is 1.00 bits per heavy atom. The van der Waals surface area contributed by atoms with Crippen LogP contribution < -0.4 is 5.32 Å². The molecule has 170 valence electrons. The van der Waals surface area contributed by atoms with Gasteiger partial charge in [0.15, 0.2) is 5.60 Å². The van der Waals surface area contributed by atoms with Crippen LogP contribution in [0.1, 0.15) is 22.8 Å². The molecule has 33 heavy (non-hydrogen) atoms. The Bertz CT molecular complexity index is 1120. The molecule has 1 atom stereocenters. The molecule has 1 aliphatic heterocycles. The van der Waals surface area contributed by atoms with Crippen molar-refractivity contribution in [1.82, 2.24) is 10.2 Å². The van der Waals surface area contributed by atoms with Gasteiger partial charge in [0.1, 0.15) is 5.82 Å². The number of hydrogen-bond donors (Lipinski definition) is 1. The first-order valence-corrected chi connectivity index (χ1v) is 11.1. The highest BCUT2D eigenvalue weighted by Crippen LogP contribution is 2.31. The van der Waals surface area contributed by atoms with E-state index >= 15 is 0 Å². The van der Waals surface area contributed by atoms with Gasteiger partial charge in [-0.2, -0.15) is 0 Å². The summed E-state index contributed by atoms with van der Waals surface area (Å²) in [5.41, 5.74) is 2.00. The zero-order valence-electron chi connectivity index (χ0n) is 18.6. The van der Waals surface area contributed by atoms with Gasteiger partial charge in [0.25, 0.3) is 11.8 Å². The average Bonchev–Trinajstić information content (AvgIpc) is 2.85. The Kier molecular flexibility index (Phi) is 6.84. The Hall–Kier alpha value is -3.51. The maximum Gasteiger partial charge on any atom is 0.254 e. The van der Waals surface area contributed by atoms with Gasteiger partial charge >= 0.3 is 0 Å². The summed E-state index contributed by atoms with van der Waals surface area (Å²) in [6.07, 6.45) is 0.283. The monoisotopic (exact) mass is 446 g/mol. The van der Waals surface area contributed by atoms with Gasteiger partial charge < -0.3 is 15.0 Å². The van der Waals surface area contributed by atoms with Crippen LogP contribution in [0.4, 0.5) is 4.39 Å². The van der Waals surface area contributed by atoms with E-state index in [0.29, 0.717) is 18.7 Å². The van der Waals surface area contributed by atoms with Crippen LogP contribution in [0, 0.1) is 5.82 Å². The van der Waals surface area contributed by atoms with Crippen molar-refractivity contribution in [2.45, 2.75) is 18.9 Å². The molecule has 1 fully saturated rings. The second-order valence-electron chi connectivity index (χ2n) is 8.14. The lowest BCUT2D eigenvalue weighted by molar-refractivity contribution is -0.157. The Morgan fingerprint density at radius 3 is 2.42 bits per heavy atom. The van der Waals surface area contributed by atoms with Crippen LogP contribution in [0.25, 0.3) is 11.1 Å². The normalized spacial score (nSPS) is 18.1. The van der Waals surface area contributed by atoms with Crippen LogP contribution in [0.3, 0.4) is 0 Å². The summed E-state index contributed by atoms with van der Waals surface area (Å²) in [5, 5.41) is 2.89. The van der Waals surface area contributed by atoms with Crippen LogP contribution in [0.2, 0.25) is 0 Å². The molecule has 6 heteroatoms. The summed E-state index contributed by atoms with van der Waals surface area (Å²) in [6.45, 7) is 3.12. The van der Waals surface area contributed by atoms with Crippen molar-refractivity contribution >= 4 is 11.8 Å². The molecule has 1 saturated heterocycles. The lowest BCUT2D eigenvalue weighted by Crippen LogP contribution is -2.62. The predicted molar refractivity (Wildman–Crippen MR) is 125 cm³/mol. The third-order valence-electron chi connectivity index (χ3n) is 5.89. The van der Waals surface area contributed by atoms with Gasteiger partial charge in [0.2, 0.25) is 0 Å². The van der Waals surface area contributed by atoms with Crippen molar-refractivity contribution in [1.29, 1.82) is 0 Å². The molecule has 1 aliphatic rings. The van der Waals surface area contributed by atoms with E-state index in [4.69, 9.17) is 4.74 Å². The molecular weight excluding hydrogens is 419 g/mol. The van der Waals surface area contributed by atoms with Gasteiger partial charge in [0, 0.05) is 25.1 Å². The van der Waals surface area contributed by atoms with Crippen LogP contribution in [0.15, 0.2) is 78.9 Å². The number of carbonyl (C=O) groups is 2. The molecule has 0 radical (unpaired) electrons. The first-order chi connectivity index (χ1) is 16.0. The maximum absolute atomic E-state index is 13.5. The van der Waals surface area contributed by atoms with Crippen LogP contribution >= 0.6 is 0 Å². The van der Waals surface area contributed by atoms with Crippen molar-refractivity contribution in [2.24, 2.45) is 0 Å². The summed E-state index contributed by atoms with van der Waals surface area (Å²) < 4.78 is 19.6. The fourth-order valence-electron chi connectivity index (χ4n) is 4.26. The molecular formula is C27H27FN2O3. The highest BCUT2D eigenvalue weighted by molar-refractivity contribution is 5.95. The molecule has 3 aromatic rings. The Labute approximate surface area is 193 Å². The SMILES string of the molecule is CCNC(=O)[C@@]1(Cc2ccccc2-c2ccc(F)cc2)CN(C(=O)c2ccccc2)CCO1. The van der Waals surface area contributed by atoms with E-state index in [1.807, 2.05) is 49.4 Å². The zero-order chi connectivity index (χ0) is 23.3. The summed E-state index contributed by atoms with van der Waals surface area (Å²) in [4.78, 5) is 28.1. The fourth-order valence-corrected chi connectivity index (χ4v) is 4.26. The van der Waals surface area contributed by atoms with E-state index in [1.165, 1.54) is 12.1 Å². The highest BCUT2D eigenvalue weighted by atomic mass is 19.1. The van der Waals surface area contributed by atoms with E-state index in [9.17, 15) is 14.0 Å². The molecule has 0 aromatic heterocycles. The van der Waals surface area contributed by atoms with Crippen LogP contribution in [-0.2, 0) is 16.0 Å². The second kappa shape index (κ2) is 9.96. The number of halogens is 1. The minimum Gasteiger partial charge on any atom is -0.361 e. The van der Waals surface area contributed by atoms with Gasteiger partial charge in [0.05, 0.1) is 13.2 Å². The average molecular weight is 447 g/mol. The molecule has 3 aromatic carbocycles. The fraction of sp³-hybridized carbons (Fsp3) is 0.259. The van der Waals surface area contributed by atoms with Crippen molar-refractivity contribution in [2.75, 3.05) is 26.2 Å². The van der Waals surface area contributed by atoms with Gasteiger partial charge in [-0.15, -0.1) is 0 Å². The lowest BCUT2D eigenvalue weighted by atomic mass is 9.87. The molecule has 0 unspecified atom stereocenters. The number of morpholine rings is 1. The minimum absolute atomic E-state index is 0.126. The smallest absolute Gasteiger partial charge is 0.254 e. The number of carbonyl (C=O) groups excluding carboxylic acids is 2. The quantitative estimate of drug-likeness (QED) is 0.621. The van der Waals surface area contributed by atoms with Crippen LogP contribution in [0.5, 0.6) is 0 Å². The topological polar surface area (TPSA) is 58.6 Å². The molecule has 1 heterocycles. The Balaban J connectivity index is 1.68. The number of nitrogens with one attached hydrogen (secondary N) is 1. The molecule has 4 rings (SSSR count). The number of hydrogen-bond acceptors (Lipinski definition) is 3. The number of benzene rings is 3. The molecule has 0 spiro atoms. The van der Waals surface area contributed by atoms with Crippen molar-refractivity contribution < 1.29 is 18.7 Å². The first-order valence-electron chi connectivity index (χ1n) is 11.1. The summed E-state index contributed by atoms with van der Waals surface area (Å²) in [7, 11) is 0. The predicted octanol–water partition coefficient (Wildman–Crippen LogP) is 4.08. The third kappa shape index (κ3) is 4.96. The second-order valence-corrected chi connectivity index (χ2v) is 8.14. The summed E-state index contributed by atoms with van der Waals surface area (Å²) >= 11 is 0. The Morgan fingerprint density at radius 2 is 1.70 bits per heavy atom. The number of amides is 2. The highest BCUT2D eigenvalue weighted by Gasteiger charge is 2.45. The molecule has 0 saturated carbocycles. The minimum atomic E-state index is -1.23. The largest absolute Gasteiger partial charge is 0.361 e. The van der Waals surface area contributed by atoms with Gasteiger partial charge in [-0.3, -0.25) is 9.59 Å². The number of rotatable bonds is 6. The first kappa shape index (κ1) is 22.7. The number of likely N-dealkylation sites (N-methyl/N-ethyl adjacent to an activating group) is 1.